The van der Waals surface area contributed by atoms with Gasteiger partial charge in [-0.3, -0.25) is 0 Å². The van der Waals surface area contributed by atoms with Crippen molar-refractivity contribution in [2.24, 2.45) is 0 Å². The van der Waals surface area contributed by atoms with Gasteiger partial charge in [0.05, 0.1) is 12.2 Å². The van der Waals surface area contributed by atoms with E-state index in [4.69, 9.17) is 22.1 Å². The SMILES string of the molecule is CCOC(=O)c1ccc(Nc2ncnc(Nc3cc(Cl)ccc3C)c2N)cc1. The van der Waals surface area contributed by atoms with Crippen molar-refractivity contribution in [3.8, 4) is 0 Å². The Labute approximate surface area is 167 Å². The number of carbonyl (C=O) groups is 1. The van der Waals surface area contributed by atoms with Crippen molar-refractivity contribution in [3.05, 3.63) is 64.9 Å². The Kier molecular flexibility index (Phi) is 5.96. The summed E-state index contributed by atoms with van der Waals surface area (Å²) < 4.78 is 4.98. The number of nitrogens with one attached hydrogen (secondary N) is 2. The molecule has 144 valence electrons. The van der Waals surface area contributed by atoms with Gasteiger partial charge in [-0.15, -0.1) is 0 Å². The van der Waals surface area contributed by atoms with Crippen LogP contribution >= 0.6 is 11.6 Å². The normalized spacial score (nSPS) is 10.4. The number of carbonyl (C=O) groups excluding carboxylic acids is 1. The number of halogens is 1. The highest BCUT2D eigenvalue weighted by atomic mass is 35.5. The van der Waals surface area contributed by atoms with E-state index in [1.54, 1.807) is 37.3 Å². The molecule has 1 aromatic heterocycles. The second-order valence-corrected chi connectivity index (χ2v) is 6.43. The highest BCUT2D eigenvalue weighted by Crippen LogP contribution is 2.30. The first-order chi connectivity index (χ1) is 13.5. The first-order valence-corrected chi connectivity index (χ1v) is 9.03. The van der Waals surface area contributed by atoms with Crippen molar-refractivity contribution in [2.75, 3.05) is 23.0 Å². The lowest BCUT2D eigenvalue weighted by atomic mass is 10.2. The molecule has 0 aliphatic heterocycles. The molecule has 0 radical (unpaired) electrons. The van der Waals surface area contributed by atoms with Crippen LogP contribution in [0.3, 0.4) is 0 Å². The van der Waals surface area contributed by atoms with Crippen molar-refractivity contribution in [1.29, 1.82) is 0 Å². The topological polar surface area (TPSA) is 102 Å². The fourth-order valence-electron chi connectivity index (χ4n) is 2.49. The fourth-order valence-corrected chi connectivity index (χ4v) is 2.66. The van der Waals surface area contributed by atoms with Crippen LogP contribution in [0.2, 0.25) is 5.02 Å². The van der Waals surface area contributed by atoms with Gasteiger partial charge in [-0.1, -0.05) is 17.7 Å². The van der Waals surface area contributed by atoms with E-state index in [1.807, 2.05) is 19.1 Å². The second-order valence-electron chi connectivity index (χ2n) is 5.99. The van der Waals surface area contributed by atoms with Crippen LogP contribution in [0.1, 0.15) is 22.8 Å². The fraction of sp³-hybridized carbons (Fsp3) is 0.150. The van der Waals surface area contributed by atoms with Gasteiger partial charge < -0.3 is 21.1 Å². The summed E-state index contributed by atoms with van der Waals surface area (Å²) in [7, 11) is 0. The van der Waals surface area contributed by atoms with Gasteiger partial charge in [0.25, 0.3) is 0 Å². The van der Waals surface area contributed by atoms with Crippen molar-refractivity contribution in [3.63, 3.8) is 0 Å². The Morgan fingerprint density at radius 1 is 1.11 bits per heavy atom. The molecule has 0 saturated heterocycles. The number of rotatable bonds is 6. The number of hydrogen-bond donors (Lipinski definition) is 3. The third-order valence-electron chi connectivity index (χ3n) is 4.00. The maximum absolute atomic E-state index is 11.7. The number of nitrogens with two attached hydrogens (primary N) is 1. The van der Waals surface area contributed by atoms with Crippen LogP contribution in [0.5, 0.6) is 0 Å². The summed E-state index contributed by atoms with van der Waals surface area (Å²) in [5, 5.41) is 6.92. The van der Waals surface area contributed by atoms with Gasteiger partial charge in [0.2, 0.25) is 0 Å². The summed E-state index contributed by atoms with van der Waals surface area (Å²) in [5.41, 5.74) is 9.60. The van der Waals surface area contributed by atoms with Gasteiger partial charge in [-0.05, 0) is 55.8 Å². The van der Waals surface area contributed by atoms with E-state index in [0.717, 1.165) is 16.9 Å². The molecule has 0 spiro atoms. The lowest BCUT2D eigenvalue weighted by Crippen LogP contribution is -2.06. The van der Waals surface area contributed by atoms with E-state index >= 15 is 0 Å². The Bertz CT molecular complexity index is 992. The van der Waals surface area contributed by atoms with Crippen LogP contribution in [0.15, 0.2) is 48.8 Å². The molecule has 3 rings (SSSR count). The summed E-state index contributed by atoms with van der Waals surface area (Å²) >= 11 is 6.07. The smallest absolute Gasteiger partial charge is 0.338 e. The van der Waals surface area contributed by atoms with Crippen LogP contribution < -0.4 is 16.4 Å². The average molecular weight is 398 g/mol. The third kappa shape index (κ3) is 4.50. The number of nitrogen functional groups attached to an aromatic ring is 1. The predicted molar refractivity (Wildman–Crippen MR) is 112 cm³/mol. The average Bonchev–Trinajstić information content (AvgIpc) is 2.68. The third-order valence-corrected chi connectivity index (χ3v) is 4.23. The Balaban J connectivity index is 1.79. The molecule has 0 bridgehead atoms. The summed E-state index contributed by atoms with van der Waals surface area (Å²) in [6.45, 7) is 4.06. The number of esters is 1. The summed E-state index contributed by atoms with van der Waals surface area (Å²) in [4.78, 5) is 20.1. The largest absolute Gasteiger partial charge is 0.462 e. The Morgan fingerprint density at radius 2 is 1.79 bits per heavy atom. The first-order valence-electron chi connectivity index (χ1n) is 8.65. The molecule has 0 amide bonds. The molecule has 1 heterocycles. The van der Waals surface area contributed by atoms with E-state index in [0.29, 0.717) is 34.5 Å². The molecule has 0 atom stereocenters. The zero-order valence-electron chi connectivity index (χ0n) is 15.5. The summed E-state index contributed by atoms with van der Waals surface area (Å²) in [5.74, 6) is 0.547. The van der Waals surface area contributed by atoms with Gasteiger partial charge in [0.1, 0.15) is 12.0 Å². The Hall–Kier alpha value is -3.32. The molecule has 4 N–H and O–H groups in total. The van der Waals surface area contributed by atoms with E-state index in [9.17, 15) is 4.79 Å². The van der Waals surface area contributed by atoms with E-state index in [2.05, 4.69) is 20.6 Å². The standard InChI is InChI=1S/C20H20ClN5O2/c1-3-28-20(27)13-5-8-15(9-6-13)25-18-17(22)19(24-11-23-18)26-16-10-14(21)7-4-12(16)2/h4-11H,3,22H2,1-2H3,(H2,23,24,25,26). The predicted octanol–water partition coefficient (Wildman–Crippen LogP) is 4.68. The molecule has 0 unspecified atom stereocenters. The highest BCUT2D eigenvalue weighted by molar-refractivity contribution is 6.30. The van der Waals surface area contributed by atoms with Crippen LogP contribution in [0, 0.1) is 6.92 Å². The van der Waals surface area contributed by atoms with Crippen LogP contribution in [-0.2, 0) is 4.74 Å². The zero-order chi connectivity index (χ0) is 20.1. The molecule has 7 nitrogen and oxygen atoms in total. The summed E-state index contributed by atoms with van der Waals surface area (Å²) in [6.07, 6.45) is 1.41. The van der Waals surface area contributed by atoms with Gasteiger partial charge >= 0.3 is 5.97 Å². The van der Waals surface area contributed by atoms with E-state index < -0.39 is 0 Å². The molecular formula is C20H20ClN5O2. The van der Waals surface area contributed by atoms with Gasteiger partial charge in [-0.25, -0.2) is 14.8 Å². The highest BCUT2D eigenvalue weighted by Gasteiger charge is 2.11. The van der Waals surface area contributed by atoms with E-state index in [1.165, 1.54) is 6.33 Å². The number of benzene rings is 2. The molecule has 28 heavy (non-hydrogen) atoms. The van der Waals surface area contributed by atoms with Gasteiger partial charge in [-0.2, -0.15) is 0 Å². The quantitative estimate of drug-likeness (QED) is 0.518. The number of ether oxygens (including phenoxy) is 1. The minimum atomic E-state index is -0.362. The molecular weight excluding hydrogens is 378 g/mol. The molecule has 0 saturated carbocycles. The van der Waals surface area contributed by atoms with Gasteiger partial charge in [0, 0.05) is 16.4 Å². The molecule has 2 aromatic carbocycles. The molecule has 0 aliphatic carbocycles. The number of nitrogens with zero attached hydrogens (tertiary/aromatic N) is 2. The molecule has 0 aliphatic rings. The Morgan fingerprint density at radius 3 is 2.46 bits per heavy atom. The van der Waals surface area contributed by atoms with Crippen molar-refractivity contribution in [1.82, 2.24) is 9.97 Å². The number of hydrogen-bond acceptors (Lipinski definition) is 7. The lowest BCUT2D eigenvalue weighted by molar-refractivity contribution is 0.0526. The van der Waals surface area contributed by atoms with Crippen LogP contribution in [0.25, 0.3) is 0 Å². The monoisotopic (exact) mass is 397 g/mol. The van der Waals surface area contributed by atoms with Gasteiger partial charge in [0.15, 0.2) is 11.6 Å². The minimum Gasteiger partial charge on any atom is -0.462 e. The maximum Gasteiger partial charge on any atom is 0.338 e. The van der Waals surface area contributed by atoms with E-state index in [-0.39, 0.29) is 5.97 Å². The second kappa shape index (κ2) is 8.58. The molecule has 0 fully saturated rings. The number of aromatic nitrogens is 2. The number of aryl methyl sites for hydroxylation is 1. The van der Waals surface area contributed by atoms with Crippen LogP contribution in [0.4, 0.5) is 28.7 Å². The van der Waals surface area contributed by atoms with Crippen molar-refractivity contribution < 1.29 is 9.53 Å². The first kappa shape index (κ1) is 19.4. The molecule has 8 heteroatoms. The van der Waals surface area contributed by atoms with Crippen molar-refractivity contribution >= 4 is 46.3 Å². The minimum absolute atomic E-state index is 0.332. The zero-order valence-corrected chi connectivity index (χ0v) is 16.2. The molecule has 3 aromatic rings. The number of anilines is 5. The van der Waals surface area contributed by atoms with Crippen molar-refractivity contribution in [2.45, 2.75) is 13.8 Å². The summed E-state index contributed by atoms with van der Waals surface area (Å²) in [6, 6.07) is 12.4. The van der Waals surface area contributed by atoms with Crippen LogP contribution in [-0.4, -0.2) is 22.5 Å². The lowest BCUT2D eigenvalue weighted by Gasteiger charge is -2.14. The maximum atomic E-state index is 11.7.